The minimum atomic E-state index is -4.39. The van der Waals surface area contributed by atoms with Crippen LogP contribution in [0.2, 0.25) is 0 Å². The average molecular weight is 775 g/mol. The van der Waals surface area contributed by atoms with E-state index in [1.165, 1.54) is 154 Å². The van der Waals surface area contributed by atoms with Crippen LogP contribution in [-0.4, -0.2) is 59.0 Å². The quantitative estimate of drug-likeness (QED) is 0.0233. The van der Waals surface area contributed by atoms with E-state index in [1.807, 2.05) is 6.08 Å². The first-order chi connectivity index (χ1) is 25.8. The topological polar surface area (TPSA) is 151 Å². The molecule has 0 aromatic heterocycles. The van der Waals surface area contributed by atoms with Crippen LogP contribution in [0.4, 0.5) is 0 Å². The number of carbonyl (C=O) groups excluding carboxylic acids is 1. The number of carbonyl (C=O) groups is 1. The van der Waals surface area contributed by atoms with Crippen LogP contribution in [0.15, 0.2) is 12.2 Å². The SMILES string of the molecule is CCCCCCCCCCCCCCCCCCC/C=C/C(O)C(COP(=O)(O)OCCN)NC(=O)CC(O)CCCCCCCCCCCCCC. The van der Waals surface area contributed by atoms with E-state index in [4.69, 9.17) is 14.8 Å². The number of allylic oxidation sites excluding steroid dienone is 1. The number of unbranched alkanes of at least 4 members (excludes halogenated alkanes) is 28. The summed E-state index contributed by atoms with van der Waals surface area (Å²) in [6, 6.07) is -0.977. The van der Waals surface area contributed by atoms with Crippen LogP contribution in [0.1, 0.15) is 219 Å². The summed E-state index contributed by atoms with van der Waals surface area (Å²) in [6.07, 6.45) is 40.1. The van der Waals surface area contributed by atoms with E-state index in [9.17, 15) is 24.5 Å². The number of aliphatic hydroxyl groups excluding tert-OH is 2. The number of hydrogen-bond acceptors (Lipinski definition) is 7. The van der Waals surface area contributed by atoms with Crippen molar-refractivity contribution < 1.29 is 33.5 Å². The molecule has 0 aliphatic heterocycles. The minimum absolute atomic E-state index is 0.0515. The van der Waals surface area contributed by atoms with Crippen molar-refractivity contribution in [3.05, 3.63) is 12.2 Å². The number of rotatable bonds is 42. The standard InChI is InChI=1S/C43H87N2O7P/c1-3-5-7-9-11-13-15-17-18-19-20-21-22-23-25-27-29-31-33-35-42(47)41(39-52-53(49,50)51-37-36-44)45-43(48)38-40(46)34-32-30-28-26-24-16-14-12-10-8-6-4-2/h33,35,40-42,46-47H,3-32,34,36-39,44H2,1-2H3,(H,45,48)(H,49,50)/b35-33+. The third-order valence-electron chi connectivity index (χ3n) is 10.2. The molecular formula is C43H87N2O7P. The second-order valence-corrected chi connectivity index (χ2v) is 16.9. The second kappa shape index (κ2) is 39.4. The average Bonchev–Trinajstić information content (AvgIpc) is 3.13. The number of amides is 1. The molecule has 0 aliphatic rings. The lowest BCUT2D eigenvalue weighted by atomic mass is 10.0. The van der Waals surface area contributed by atoms with Crippen LogP contribution < -0.4 is 11.1 Å². The van der Waals surface area contributed by atoms with Crippen LogP contribution in [-0.2, 0) is 18.4 Å². The molecule has 10 heteroatoms. The molecule has 0 heterocycles. The molecular weight excluding hydrogens is 687 g/mol. The molecule has 0 fully saturated rings. The summed E-state index contributed by atoms with van der Waals surface area (Å²) in [5.74, 6) is -0.443. The lowest BCUT2D eigenvalue weighted by Crippen LogP contribution is -2.46. The zero-order valence-corrected chi connectivity index (χ0v) is 35.5. The van der Waals surface area contributed by atoms with Crippen molar-refractivity contribution in [2.45, 2.75) is 238 Å². The Balaban J connectivity index is 4.28. The zero-order chi connectivity index (χ0) is 39.1. The van der Waals surface area contributed by atoms with Crippen molar-refractivity contribution in [3.63, 3.8) is 0 Å². The first-order valence-electron chi connectivity index (χ1n) is 22.4. The molecule has 0 bridgehead atoms. The number of phosphoric ester groups is 1. The van der Waals surface area contributed by atoms with Crippen LogP contribution in [0.3, 0.4) is 0 Å². The van der Waals surface area contributed by atoms with Gasteiger partial charge in [-0.25, -0.2) is 4.57 Å². The van der Waals surface area contributed by atoms with E-state index < -0.39 is 38.6 Å². The summed E-state index contributed by atoms with van der Waals surface area (Å²) >= 11 is 0. The van der Waals surface area contributed by atoms with Crippen molar-refractivity contribution >= 4 is 13.7 Å². The highest BCUT2D eigenvalue weighted by Crippen LogP contribution is 2.43. The molecule has 4 unspecified atom stereocenters. The third kappa shape index (κ3) is 37.9. The smallest absolute Gasteiger partial charge is 0.393 e. The molecule has 0 radical (unpaired) electrons. The van der Waals surface area contributed by atoms with Crippen molar-refractivity contribution in [1.29, 1.82) is 0 Å². The lowest BCUT2D eigenvalue weighted by molar-refractivity contribution is -0.124. The zero-order valence-electron chi connectivity index (χ0n) is 34.6. The summed E-state index contributed by atoms with van der Waals surface area (Å²) in [7, 11) is -4.39. The monoisotopic (exact) mass is 775 g/mol. The molecule has 0 aliphatic carbocycles. The fraction of sp³-hybridized carbons (Fsp3) is 0.930. The Morgan fingerprint density at radius 1 is 0.642 bits per heavy atom. The van der Waals surface area contributed by atoms with E-state index in [0.29, 0.717) is 6.42 Å². The van der Waals surface area contributed by atoms with Gasteiger partial charge < -0.3 is 26.2 Å². The summed E-state index contributed by atoms with van der Waals surface area (Å²) < 4.78 is 22.1. The van der Waals surface area contributed by atoms with Gasteiger partial charge in [0.1, 0.15) is 0 Å². The van der Waals surface area contributed by atoms with Gasteiger partial charge in [0.2, 0.25) is 5.91 Å². The maximum absolute atomic E-state index is 12.8. The fourth-order valence-electron chi connectivity index (χ4n) is 6.77. The number of hydrogen-bond donors (Lipinski definition) is 5. The predicted octanol–water partition coefficient (Wildman–Crippen LogP) is 11.4. The maximum Gasteiger partial charge on any atom is 0.472 e. The molecule has 0 spiro atoms. The van der Waals surface area contributed by atoms with Gasteiger partial charge in [-0.2, -0.15) is 0 Å². The first-order valence-corrected chi connectivity index (χ1v) is 23.9. The van der Waals surface area contributed by atoms with Gasteiger partial charge in [-0.15, -0.1) is 0 Å². The van der Waals surface area contributed by atoms with Gasteiger partial charge in [0.15, 0.2) is 0 Å². The molecule has 316 valence electrons. The summed E-state index contributed by atoms with van der Waals surface area (Å²) in [5, 5.41) is 24.0. The van der Waals surface area contributed by atoms with Gasteiger partial charge in [0.05, 0.1) is 37.9 Å². The number of nitrogens with two attached hydrogens (primary N) is 1. The van der Waals surface area contributed by atoms with Gasteiger partial charge in [-0.3, -0.25) is 13.8 Å². The Labute approximate surface area is 327 Å². The molecule has 0 rings (SSSR count). The molecule has 1 amide bonds. The Bertz CT molecular complexity index is 862. The Hall–Kier alpha value is -0.800. The molecule has 0 saturated heterocycles. The van der Waals surface area contributed by atoms with Gasteiger partial charge in [0, 0.05) is 6.54 Å². The summed E-state index contributed by atoms with van der Waals surface area (Å²) in [4.78, 5) is 22.7. The minimum Gasteiger partial charge on any atom is -0.393 e. The molecule has 6 N–H and O–H groups in total. The molecule has 0 saturated carbocycles. The highest BCUT2D eigenvalue weighted by molar-refractivity contribution is 7.47. The number of phosphoric acid groups is 1. The van der Waals surface area contributed by atoms with E-state index in [0.717, 1.165) is 38.5 Å². The highest BCUT2D eigenvalue weighted by atomic mass is 31.2. The third-order valence-corrected chi connectivity index (χ3v) is 11.2. The van der Waals surface area contributed by atoms with E-state index >= 15 is 0 Å². The van der Waals surface area contributed by atoms with E-state index in [-0.39, 0.29) is 19.6 Å². The van der Waals surface area contributed by atoms with Crippen LogP contribution in [0.25, 0.3) is 0 Å². The normalized spacial score (nSPS) is 14.8. The summed E-state index contributed by atoms with van der Waals surface area (Å²) in [6.45, 7) is 3.99. The Morgan fingerprint density at radius 2 is 1.04 bits per heavy atom. The van der Waals surface area contributed by atoms with E-state index in [2.05, 4.69) is 19.2 Å². The first kappa shape index (κ1) is 52.2. The highest BCUT2D eigenvalue weighted by Gasteiger charge is 2.27. The van der Waals surface area contributed by atoms with Crippen LogP contribution in [0.5, 0.6) is 0 Å². The van der Waals surface area contributed by atoms with Crippen molar-refractivity contribution in [2.75, 3.05) is 19.8 Å². The van der Waals surface area contributed by atoms with Crippen molar-refractivity contribution in [2.24, 2.45) is 5.73 Å². The molecule has 53 heavy (non-hydrogen) atoms. The Morgan fingerprint density at radius 3 is 1.45 bits per heavy atom. The van der Waals surface area contributed by atoms with Gasteiger partial charge in [0.25, 0.3) is 0 Å². The molecule has 0 aromatic rings. The molecule has 9 nitrogen and oxygen atoms in total. The van der Waals surface area contributed by atoms with E-state index in [1.54, 1.807) is 6.08 Å². The summed E-state index contributed by atoms with van der Waals surface area (Å²) in [5.41, 5.74) is 5.36. The van der Waals surface area contributed by atoms with Gasteiger partial charge >= 0.3 is 7.82 Å². The molecule has 4 atom stereocenters. The second-order valence-electron chi connectivity index (χ2n) is 15.5. The van der Waals surface area contributed by atoms with Crippen molar-refractivity contribution in [3.8, 4) is 0 Å². The predicted molar refractivity (Wildman–Crippen MR) is 223 cm³/mol. The fourth-order valence-corrected chi connectivity index (χ4v) is 7.52. The number of nitrogens with one attached hydrogen (secondary N) is 1. The van der Waals surface area contributed by atoms with Crippen molar-refractivity contribution in [1.82, 2.24) is 5.32 Å². The Kier molecular flexibility index (Phi) is 38.8. The lowest BCUT2D eigenvalue weighted by Gasteiger charge is -2.24. The van der Waals surface area contributed by atoms with Crippen LogP contribution in [0, 0.1) is 0 Å². The maximum atomic E-state index is 12.8. The number of aliphatic hydroxyl groups is 2. The van der Waals surface area contributed by atoms with Gasteiger partial charge in [-0.1, -0.05) is 206 Å². The van der Waals surface area contributed by atoms with Gasteiger partial charge in [-0.05, 0) is 19.3 Å². The largest absolute Gasteiger partial charge is 0.472 e. The van der Waals surface area contributed by atoms with Crippen LogP contribution >= 0.6 is 7.82 Å². The molecule has 0 aromatic carbocycles.